The first-order chi connectivity index (χ1) is 12.7. The number of hydrogen-bond donors (Lipinski definition) is 1. The fraction of sp³-hybridized carbons (Fsp3) is 0.667. The molecule has 2 saturated heterocycles. The average molecular weight is 356 g/mol. The van der Waals surface area contributed by atoms with Crippen LogP contribution in [-0.2, 0) is 0 Å². The van der Waals surface area contributed by atoms with Crippen LogP contribution in [0.2, 0.25) is 0 Å². The standard InChI is InChI=1S/C18H28N8/c1-14-4-8-24(9-5-14)18(19)21-11-15-3-2-7-25(12-15)16-17-23-22-13-26(17)10-6-20-16/h6,10,13-15H,2-5,7-9,11-12H2,1H3,(H2,19,21). The minimum atomic E-state index is 0.496. The maximum Gasteiger partial charge on any atom is 0.203 e. The van der Waals surface area contributed by atoms with Crippen molar-refractivity contribution in [2.24, 2.45) is 22.6 Å². The van der Waals surface area contributed by atoms with E-state index in [0.29, 0.717) is 11.9 Å². The lowest BCUT2D eigenvalue weighted by molar-refractivity contribution is 0.277. The predicted molar refractivity (Wildman–Crippen MR) is 102 cm³/mol. The molecule has 8 heteroatoms. The Bertz CT molecular complexity index is 761. The second-order valence-corrected chi connectivity index (χ2v) is 7.64. The Balaban J connectivity index is 1.39. The summed E-state index contributed by atoms with van der Waals surface area (Å²) in [7, 11) is 0. The molecule has 2 aliphatic rings. The number of anilines is 1. The summed E-state index contributed by atoms with van der Waals surface area (Å²) in [5.74, 6) is 2.93. The SMILES string of the molecule is CC1CCN(C(N)=NCC2CCCN(c3nccn4cnnc34)C2)CC1. The smallest absolute Gasteiger partial charge is 0.203 e. The summed E-state index contributed by atoms with van der Waals surface area (Å²) in [6.45, 7) is 7.10. The molecule has 0 aliphatic carbocycles. The third-order valence-electron chi connectivity index (χ3n) is 5.63. The lowest BCUT2D eigenvalue weighted by Gasteiger charge is -2.34. The van der Waals surface area contributed by atoms with Gasteiger partial charge >= 0.3 is 0 Å². The van der Waals surface area contributed by atoms with Gasteiger partial charge in [-0.2, -0.15) is 0 Å². The van der Waals surface area contributed by atoms with E-state index in [9.17, 15) is 0 Å². The van der Waals surface area contributed by atoms with Gasteiger partial charge in [0.05, 0.1) is 0 Å². The van der Waals surface area contributed by atoms with Gasteiger partial charge < -0.3 is 15.5 Å². The van der Waals surface area contributed by atoms with E-state index in [-0.39, 0.29) is 0 Å². The highest BCUT2D eigenvalue weighted by Crippen LogP contribution is 2.24. The molecule has 140 valence electrons. The molecule has 1 atom stereocenters. The van der Waals surface area contributed by atoms with Gasteiger partial charge in [0.1, 0.15) is 6.33 Å². The van der Waals surface area contributed by atoms with Crippen LogP contribution >= 0.6 is 0 Å². The Kier molecular flexibility index (Phi) is 4.90. The summed E-state index contributed by atoms with van der Waals surface area (Å²) in [5, 5.41) is 8.21. The molecule has 2 aliphatic heterocycles. The highest BCUT2D eigenvalue weighted by Gasteiger charge is 2.24. The fourth-order valence-electron chi connectivity index (χ4n) is 3.94. The number of guanidine groups is 1. The first-order valence-corrected chi connectivity index (χ1v) is 9.65. The number of aliphatic imine (C=N–C) groups is 1. The molecule has 0 radical (unpaired) electrons. The van der Waals surface area contributed by atoms with Gasteiger partial charge in [-0.3, -0.25) is 9.39 Å². The maximum atomic E-state index is 6.25. The summed E-state index contributed by atoms with van der Waals surface area (Å²) in [5.41, 5.74) is 7.06. The molecule has 8 nitrogen and oxygen atoms in total. The molecule has 26 heavy (non-hydrogen) atoms. The second-order valence-electron chi connectivity index (χ2n) is 7.64. The number of fused-ring (bicyclic) bond motifs is 1. The van der Waals surface area contributed by atoms with Crippen LogP contribution in [0.4, 0.5) is 5.82 Å². The Morgan fingerprint density at radius 2 is 2.12 bits per heavy atom. The lowest BCUT2D eigenvalue weighted by atomic mass is 9.98. The van der Waals surface area contributed by atoms with E-state index in [1.807, 2.05) is 16.8 Å². The summed E-state index contributed by atoms with van der Waals surface area (Å²) < 4.78 is 1.92. The van der Waals surface area contributed by atoms with E-state index in [0.717, 1.165) is 56.5 Å². The summed E-state index contributed by atoms with van der Waals surface area (Å²) in [6, 6.07) is 0. The minimum Gasteiger partial charge on any atom is -0.370 e. The van der Waals surface area contributed by atoms with E-state index in [1.54, 1.807) is 6.33 Å². The number of rotatable bonds is 3. The Hall–Kier alpha value is -2.38. The van der Waals surface area contributed by atoms with E-state index in [4.69, 9.17) is 10.7 Å². The number of piperidine rings is 2. The van der Waals surface area contributed by atoms with Crippen LogP contribution in [-0.4, -0.2) is 63.2 Å². The van der Waals surface area contributed by atoms with Crippen LogP contribution < -0.4 is 10.6 Å². The first kappa shape index (κ1) is 17.1. The maximum absolute atomic E-state index is 6.25. The van der Waals surface area contributed by atoms with Crippen LogP contribution in [0.1, 0.15) is 32.6 Å². The molecule has 0 aromatic carbocycles. The zero-order chi connectivity index (χ0) is 17.9. The molecule has 0 saturated carbocycles. The molecule has 0 spiro atoms. The van der Waals surface area contributed by atoms with Crippen molar-refractivity contribution in [3.63, 3.8) is 0 Å². The van der Waals surface area contributed by atoms with Crippen molar-refractivity contribution in [3.05, 3.63) is 18.7 Å². The third-order valence-corrected chi connectivity index (χ3v) is 5.63. The summed E-state index contributed by atoms with van der Waals surface area (Å²) in [4.78, 5) is 13.8. The summed E-state index contributed by atoms with van der Waals surface area (Å²) >= 11 is 0. The predicted octanol–water partition coefficient (Wildman–Crippen LogP) is 1.39. The molecule has 2 aromatic heterocycles. The largest absolute Gasteiger partial charge is 0.370 e. The van der Waals surface area contributed by atoms with E-state index < -0.39 is 0 Å². The third kappa shape index (κ3) is 3.59. The van der Waals surface area contributed by atoms with Crippen LogP contribution in [0.25, 0.3) is 5.65 Å². The van der Waals surface area contributed by atoms with Crippen molar-refractivity contribution in [3.8, 4) is 0 Å². The zero-order valence-corrected chi connectivity index (χ0v) is 15.5. The first-order valence-electron chi connectivity index (χ1n) is 9.65. The quantitative estimate of drug-likeness (QED) is 0.660. The van der Waals surface area contributed by atoms with Crippen molar-refractivity contribution in [1.82, 2.24) is 24.5 Å². The molecule has 2 fully saturated rings. The Morgan fingerprint density at radius 1 is 1.27 bits per heavy atom. The minimum absolute atomic E-state index is 0.496. The molecule has 1 unspecified atom stereocenters. The summed E-state index contributed by atoms with van der Waals surface area (Å²) in [6.07, 6.45) is 10.1. The van der Waals surface area contributed by atoms with Gasteiger partial charge in [-0.1, -0.05) is 6.92 Å². The number of likely N-dealkylation sites (tertiary alicyclic amines) is 1. The second kappa shape index (κ2) is 7.47. The molecule has 0 amide bonds. The van der Waals surface area contributed by atoms with Gasteiger partial charge in [0.2, 0.25) is 5.65 Å². The average Bonchev–Trinajstić information content (AvgIpc) is 3.16. The van der Waals surface area contributed by atoms with Crippen LogP contribution in [0.15, 0.2) is 23.7 Å². The van der Waals surface area contributed by atoms with Crippen molar-refractivity contribution in [2.75, 3.05) is 37.6 Å². The van der Waals surface area contributed by atoms with Crippen LogP contribution in [0, 0.1) is 11.8 Å². The molecule has 2 aromatic rings. The van der Waals surface area contributed by atoms with Gasteiger partial charge in [-0.05, 0) is 37.5 Å². The van der Waals surface area contributed by atoms with E-state index >= 15 is 0 Å². The number of nitrogens with zero attached hydrogens (tertiary/aromatic N) is 7. The van der Waals surface area contributed by atoms with Crippen molar-refractivity contribution in [2.45, 2.75) is 32.6 Å². The van der Waals surface area contributed by atoms with Crippen LogP contribution in [0.5, 0.6) is 0 Å². The molecular weight excluding hydrogens is 328 g/mol. The topological polar surface area (TPSA) is 87.9 Å². The Morgan fingerprint density at radius 3 is 2.96 bits per heavy atom. The van der Waals surface area contributed by atoms with E-state index in [1.165, 1.54) is 19.3 Å². The van der Waals surface area contributed by atoms with Crippen molar-refractivity contribution >= 4 is 17.4 Å². The number of hydrogen-bond acceptors (Lipinski definition) is 5. The van der Waals surface area contributed by atoms with Crippen molar-refractivity contribution < 1.29 is 0 Å². The van der Waals surface area contributed by atoms with Gasteiger partial charge in [-0.25, -0.2) is 4.98 Å². The fourth-order valence-corrected chi connectivity index (χ4v) is 3.94. The highest BCUT2D eigenvalue weighted by molar-refractivity contribution is 5.78. The molecule has 0 bridgehead atoms. The molecule has 4 heterocycles. The molecular formula is C18H28N8. The number of aromatic nitrogens is 4. The van der Waals surface area contributed by atoms with Gasteiger partial charge in [0.15, 0.2) is 11.8 Å². The molecule has 2 N–H and O–H groups in total. The van der Waals surface area contributed by atoms with Crippen molar-refractivity contribution in [1.29, 1.82) is 0 Å². The Labute approximate surface area is 154 Å². The number of nitrogens with two attached hydrogens (primary N) is 1. The highest BCUT2D eigenvalue weighted by atomic mass is 15.3. The van der Waals surface area contributed by atoms with Gasteiger partial charge in [0, 0.05) is 45.1 Å². The lowest BCUT2D eigenvalue weighted by Crippen LogP contribution is -2.43. The molecule has 4 rings (SSSR count). The zero-order valence-electron chi connectivity index (χ0n) is 15.5. The van der Waals surface area contributed by atoms with Gasteiger partial charge in [-0.15, -0.1) is 10.2 Å². The normalized spacial score (nSPS) is 23.0. The van der Waals surface area contributed by atoms with Gasteiger partial charge in [0.25, 0.3) is 0 Å². The van der Waals surface area contributed by atoms with Crippen LogP contribution in [0.3, 0.4) is 0 Å². The monoisotopic (exact) mass is 356 g/mol. The van der Waals surface area contributed by atoms with E-state index in [2.05, 4.69) is 31.9 Å².